The van der Waals surface area contributed by atoms with Crippen molar-refractivity contribution in [2.45, 2.75) is 6.10 Å². The van der Waals surface area contributed by atoms with Gasteiger partial charge in [0.2, 0.25) is 0 Å². The predicted molar refractivity (Wildman–Crippen MR) is 32.9 cm³/mol. The fourth-order valence-electron chi connectivity index (χ4n) is 0.581. The number of hydrogen-bond acceptors (Lipinski definition) is 5. The van der Waals surface area contributed by atoms with Crippen LogP contribution in [0.15, 0.2) is 0 Å². The number of cyclic esters (lactones) is 2. The highest BCUT2D eigenvalue weighted by Crippen LogP contribution is 2.06. The van der Waals surface area contributed by atoms with Crippen molar-refractivity contribution in [3.8, 4) is 0 Å². The Hall–Kier alpha value is -0.660. The first-order valence-electron chi connectivity index (χ1n) is 2.76. The summed E-state index contributed by atoms with van der Waals surface area (Å²) in [5.41, 5.74) is 0. The second kappa shape index (κ2) is 3.65. The van der Waals surface area contributed by atoms with Crippen molar-refractivity contribution in [2.75, 3.05) is 13.2 Å². The summed E-state index contributed by atoms with van der Waals surface area (Å²) < 4.78 is 31.2. The van der Waals surface area contributed by atoms with Crippen molar-refractivity contribution >= 4 is 17.5 Å². The van der Waals surface area contributed by atoms with E-state index in [1.165, 1.54) is 0 Å². The molecule has 1 fully saturated rings. The van der Waals surface area contributed by atoms with Gasteiger partial charge in [-0.2, -0.15) is 4.21 Å². The average Bonchev–Trinajstić information content (AvgIpc) is 2.31. The fraction of sp³-hybridized carbons (Fsp3) is 0.750. The van der Waals surface area contributed by atoms with E-state index < -0.39 is 23.6 Å². The highest BCUT2D eigenvalue weighted by atomic mass is 32.2. The van der Waals surface area contributed by atoms with Crippen LogP contribution < -0.4 is 0 Å². The monoisotopic (exact) mass is 182 g/mol. The van der Waals surface area contributed by atoms with Gasteiger partial charge in [0.15, 0.2) is 6.10 Å². The lowest BCUT2D eigenvalue weighted by atomic mass is 10.4. The van der Waals surface area contributed by atoms with E-state index in [-0.39, 0.29) is 13.2 Å². The Kier molecular flexibility index (Phi) is 2.80. The molecule has 6 nitrogen and oxygen atoms in total. The molecule has 0 spiro atoms. The summed E-state index contributed by atoms with van der Waals surface area (Å²) in [4.78, 5) is 10.3. The Morgan fingerprint density at radius 2 is 2.55 bits per heavy atom. The Balaban J connectivity index is 2.18. The Morgan fingerprint density at radius 3 is 3.00 bits per heavy atom. The largest absolute Gasteiger partial charge is 0.508 e. The first-order valence-corrected chi connectivity index (χ1v) is 3.79. The van der Waals surface area contributed by atoms with Crippen molar-refractivity contribution in [1.82, 2.24) is 0 Å². The maximum absolute atomic E-state index is 10.3. The quantitative estimate of drug-likeness (QED) is 0.475. The zero-order valence-corrected chi connectivity index (χ0v) is 6.20. The van der Waals surface area contributed by atoms with Gasteiger partial charge < -0.3 is 9.47 Å². The van der Waals surface area contributed by atoms with Crippen LogP contribution in [0.5, 0.6) is 0 Å². The fourth-order valence-corrected chi connectivity index (χ4v) is 0.850. The first kappa shape index (κ1) is 8.44. The molecule has 0 aromatic heterocycles. The minimum absolute atomic E-state index is 0.0655. The lowest BCUT2D eigenvalue weighted by Gasteiger charge is -2.02. The van der Waals surface area contributed by atoms with Gasteiger partial charge in [-0.15, -0.1) is 0 Å². The molecule has 11 heavy (non-hydrogen) atoms. The third kappa shape index (κ3) is 2.83. The molecule has 64 valence electrons. The van der Waals surface area contributed by atoms with Crippen LogP contribution in [0.1, 0.15) is 0 Å². The summed E-state index contributed by atoms with van der Waals surface area (Å²) in [7, 11) is 0. The molecule has 1 N–H and O–H groups in total. The highest BCUT2D eigenvalue weighted by Gasteiger charge is 2.25. The minimum atomic E-state index is -2.32. The van der Waals surface area contributed by atoms with Gasteiger partial charge in [0.05, 0.1) is 0 Å². The highest BCUT2D eigenvalue weighted by molar-refractivity contribution is 7.74. The van der Waals surface area contributed by atoms with E-state index in [1.807, 2.05) is 0 Å². The molecule has 0 aromatic carbocycles. The molecule has 1 saturated heterocycles. The van der Waals surface area contributed by atoms with Crippen molar-refractivity contribution < 1.29 is 27.2 Å². The molecule has 0 bridgehead atoms. The molecule has 7 heteroatoms. The molecule has 0 saturated carbocycles. The third-order valence-corrected chi connectivity index (χ3v) is 1.34. The Morgan fingerprint density at radius 1 is 1.82 bits per heavy atom. The Bertz CT molecular complexity index is 179. The van der Waals surface area contributed by atoms with Gasteiger partial charge in [0, 0.05) is 0 Å². The Labute approximate surface area is 64.9 Å². The molecule has 1 aliphatic heterocycles. The number of carbonyl (C=O) groups is 1. The van der Waals surface area contributed by atoms with Gasteiger partial charge in [-0.1, -0.05) is 0 Å². The second-order valence-electron chi connectivity index (χ2n) is 1.80. The summed E-state index contributed by atoms with van der Waals surface area (Å²) in [6.45, 7) is -0.0646. The molecule has 0 radical (unpaired) electrons. The molecular weight excluding hydrogens is 176 g/mol. The molecular formula is C4H6O6S. The molecule has 1 heterocycles. The maximum atomic E-state index is 10.3. The van der Waals surface area contributed by atoms with Gasteiger partial charge in [-0.05, 0) is 0 Å². The molecule has 0 amide bonds. The molecule has 2 atom stereocenters. The van der Waals surface area contributed by atoms with Crippen molar-refractivity contribution in [2.24, 2.45) is 0 Å². The topological polar surface area (TPSA) is 82.1 Å². The zero-order chi connectivity index (χ0) is 8.27. The van der Waals surface area contributed by atoms with Gasteiger partial charge in [0.1, 0.15) is 13.2 Å². The van der Waals surface area contributed by atoms with Crippen LogP contribution in [0, 0.1) is 0 Å². The standard InChI is InChI=1S/C4H6O6S/c5-4-8-1-3(10-4)2-9-11(6)7/h3H,1-2H2,(H,6,7). The van der Waals surface area contributed by atoms with Crippen LogP contribution in [0.3, 0.4) is 0 Å². The molecule has 1 aliphatic rings. The van der Waals surface area contributed by atoms with E-state index in [9.17, 15) is 9.00 Å². The van der Waals surface area contributed by atoms with Crippen LogP contribution in [0.2, 0.25) is 0 Å². The summed E-state index contributed by atoms with van der Waals surface area (Å²) in [6, 6.07) is 0. The van der Waals surface area contributed by atoms with E-state index in [1.54, 1.807) is 0 Å². The predicted octanol–water partition coefficient (Wildman–Crippen LogP) is -0.325. The van der Waals surface area contributed by atoms with Crippen LogP contribution in [-0.2, 0) is 25.0 Å². The van der Waals surface area contributed by atoms with Crippen molar-refractivity contribution in [3.05, 3.63) is 0 Å². The minimum Gasteiger partial charge on any atom is -0.430 e. The van der Waals surface area contributed by atoms with Gasteiger partial charge in [0.25, 0.3) is 0 Å². The summed E-state index contributed by atoms with van der Waals surface area (Å²) in [5.74, 6) is 0. The van der Waals surface area contributed by atoms with Gasteiger partial charge in [-0.3, -0.25) is 8.74 Å². The van der Waals surface area contributed by atoms with E-state index in [4.69, 9.17) is 4.55 Å². The van der Waals surface area contributed by atoms with E-state index in [0.717, 1.165) is 0 Å². The lowest BCUT2D eigenvalue weighted by molar-refractivity contribution is 0.0990. The van der Waals surface area contributed by atoms with Crippen LogP contribution in [0.25, 0.3) is 0 Å². The summed E-state index contributed by atoms with van der Waals surface area (Å²) in [6.07, 6.45) is -1.35. The maximum Gasteiger partial charge on any atom is 0.508 e. The molecule has 0 aliphatic carbocycles. The molecule has 0 aromatic rings. The number of carbonyl (C=O) groups excluding carboxylic acids is 1. The van der Waals surface area contributed by atoms with E-state index >= 15 is 0 Å². The average molecular weight is 182 g/mol. The second-order valence-corrected chi connectivity index (χ2v) is 2.47. The molecule has 1 rings (SSSR count). The van der Waals surface area contributed by atoms with E-state index in [2.05, 4.69) is 13.7 Å². The van der Waals surface area contributed by atoms with Crippen LogP contribution in [-0.4, -0.2) is 34.2 Å². The van der Waals surface area contributed by atoms with Crippen molar-refractivity contribution in [1.29, 1.82) is 0 Å². The summed E-state index contributed by atoms with van der Waals surface area (Å²) >= 11 is -2.32. The SMILES string of the molecule is O=C1OCC(COS(=O)O)O1. The van der Waals surface area contributed by atoms with Crippen molar-refractivity contribution in [3.63, 3.8) is 0 Å². The first-order chi connectivity index (χ1) is 5.18. The van der Waals surface area contributed by atoms with Gasteiger partial charge >= 0.3 is 17.5 Å². The lowest BCUT2D eigenvalue weighted by Crippen LogP contribution is -2.18. The third-order valence-electron chi connectivity index (χ3n) is 1.00. The number of hydrogen-bond donors (Lipinski definition) is 1. The van der Waals surface area contributed by atoms with E-state index in [0.29, 0.717) is 0 Å². The van der Waals surface area contributed by atoms with Crippen LogP contribution >= 0.6 is 0 Å². The number of rotatable bonds is 3. The zero-order valence-electron chi connectivity index (χ0n) is 5.39. The van der Waals surface area contributed by atoms with Crippen LogP contribution in [0.4, 0.5) is 4.79 Å². The summed E-state index contributed by atoms with van der Waals surface area (Å²) in [5, 5.41) is 0. The number of ether oxygens (including phenoxy) is 2. The molecule has 2 unspecified atom stereocenters. The smallest absolute Gasteiger partial charge is 0.430 e. The normalized spacial score (nSPS) is 25.9. The van der Waals surface area contributed by atoms with Gasteiger partial charge in [-0.25, -0.2) is 4.79 Å².